The molecule has 1 unspecified atom stereocenters. The Morgan fingerprint density at radius 3 is 2.79 bits per heavy atom. The molecule has 1 aliphatic heterocycles. The van der Waals surface area contributed by atoms with Crippen molar-refractivity contribution in [3.8, 4) is 0 Å². The molecule has 0 radical (unpaired) electrons. The molecule has 1 saturated heterocycles. The monoisotopic (exact) mass is 324 g/mol. The molecule has 2 heterocycles. The van der Waals surface area contributed by atoms with E-state index in [1.807, 2.05) is 25.1 Å². The Labute approximate surface area is 143 Å². The number of rotatable bonds is 3. The lowest BCUT2D eigenvalue weighted by Crippen LogP contribution is -2.35. The summed E-state index contributed by atoms with van der Waals surface area (Å²) in [6, 6.07) is 7.68. The van der Waals surface area contributed by atoms with Gasteiger partial charge >= 0.3 is 0 Å². The quantitative estimate of drug-likeness (QED) is 0.937. The topological polar surface area (TPSA) is 58.1 Å². The summed E-state index contributed by atoms with van der Waals surface area (Å²) < 4.78 is 0. The van der Waals surface area contributed by atoms with Crippen LogP contribution in [0.5, 0.6) is 0 Å². The second-order valence-electron chi connectivity index (χ2n) is 6.71. The average molecular weight is 324 g/mol. The minimum Gasteiger partial charge on any atom is -0.356 e. The summed E-state index contributed by atoms with van der Waals surface area (Å²) in [5.74, 6) is 1.29. The molecule has 5 nitrogen and oxygen atoms in total. The van der Waals surface area contributed by atoms with E-state index in [2.05, 4.69) is 34.0 Å². The lowest BCUT2D eigenvalue weighted by molar-refractivity contribution is 0.102. The molecular formula is C19H24N4O. The van der Waals surface area contributed by atoms with Crippen molar-refractivity contribution in [2.75, 3.05) is 23.3 Å². The maximum Gasteiger partial charge on any atom is 0.274 e. The third-order valence-electron chi connectivity index (χ3n) is 4.63. The standard InChI is InChI=1S/C19H24N4O/c1-13-5-4-8-23(11-13)18-10-17(20-12-21-18)19(24)22-16-7-6-14(2)15(3)9-16/h6-7,9-10,12-13H,4-5,8,11H2,1-3H3,(H,22,24). The van der Waals surface area contributed by atoms with Crippen LogP contribution in [-0.2, 0) is 0 Å². The molecule has 1 aliphatic rings. The molecule has 1 fully saturated rings. The predicted octanol–water partition coefficient (Wildman–Crippen LogP) is 3.58. The Morgan fingerprint density at radius 2 is 2.04 bits per heavy atom. The van der Waals surface area contributed by atoms with Gasteiger partial charge in [-0.25, -0.2) is 9.97 Å². The maximum atomic E-state index is 12.5. The van der Waals surface area contributed by atoms with E-state index in [0.717, 1.165) is 36.6 Å². The largest absolute Gasteiger partial charge is 0.356 e. The van der Waals surface area contributed by atoms with Crippen molar-refractivity contribution in [3.05, 3.63) is 47.4 Å². The van der Waals surface area contributed by atoms with Gasteiger partial charge in [-0.15, -0.1) is 0 Å². The summed E-state index contributed by atoms with van der Waals surface area (Å²) in [6.45, 7) is 8.30. The van der Waals surface area contributed by atoms with Crippen LogP contribution in [0.2, 0.25) is 0 Å². The highest BCUT2D eigenvalue weighted by atomic mass is 16.1. The highest BCUT2D eigenvalue weighted by Crippen LogP contribution is 2.21. The Balaban J connectivity index is 1.75. The second kappa shape index (κ2) is 6.99. The predicted molar refractivity (Wildman–Crippen MR) is 96.5 cm³/mol. The SMILES string of the molecule is Cc1ccc(NC(=O)c2cc(N3CCCC(C)C3)ncn2)cc1C. The van der Waals surface area contributed by atoms with Crippen LogP contribution in [0, 0.1) is 19.8 Å². The summed E-state index contributed by atoms with van der Waals surface area (Å²) >= 11 is 0. The van der Waals surface area contributed by atoms with Crippen LogP contribution < -0.4 is 10.2 Å². The second-order valence-corrected chi connectivity index (χ2v) is 6.71. The number of carbonyl (C=O) groups excluding carboxylic acids is 1. The first-order valence-electron chi connectivity index (χ1n) is 8.48. The van der Waals surface area contributed by atoms with Crippen molar-refractivity contribution >= 4 is 17.4 Å². The number of anilines is 2. The Hall–Kier alpha value is -2.43. The number of piperidine rings is 1. The third kappa shape index (κ3) is 3.72. The van der Waals surface area contributed by atoms with Gasteiger partial charge in [0.2, 0.25) is 0 Å². The summed E-state index contributed by atoms with van der Waals surface area (Å²) in [5, 5.41) is 2.92. The molecule has 0 aliphatic carbocycles. The van der Waals surface area contributed by atoms with Crippen LogP contribution >= 0.6 is 0 Å². The number of aromatic nitrogens is 2. The fourth-order valence-corrected chi connectivity index (χ4v) is 3.06. The number of hydrogen-bond acceptors (Lipinski definition) is 4. The van der Waals surface area contributed by atoms with Crippen LogP contribution in [0.4, 0.5) is 11.5 Å². The van der Waals surface area contributed by atoms with Crippen LogP contribution in [-0.4, -0.2) is 29.0 Å². The van der Waals surface area contributed by atoms with E-state index in [1.165, 1.54) is 18.3 Å². The van der Waals surface area contributed by atoms with E-state index in [1.54, 1.807) is 6.07 Å². The van der Waals surface area contributed by atoms with Gasteiger partial charge in [0, 0.05) is 24.8 Å². The van der Waals surface area contributed by atoms with Crippen LogP contribution in [0.25, 0.3) is 0 Å². The summed E-state index contributed by atoms with van der Waals surface area (Å²) in [4.78, 5) is 23.2. The van der Waals surface area contributed by atoms with Crippen LogP contribution in [0.15, 0.2) is 30.6 Å². The van der Waals surface area contributed by atoms with Gasteiger partial charge in [0.25, 0.3) is 5.91 Å². The maximum absolute atomic E-state index is 12.5. The average Bonchev–Trinajstić information content (AvgIpc) is 2.58. The van der Waals surface area contributed by atoms with Crippen molar-refractivity contribution in [3.63, 3.8) is 0 Å². The Kier molecular flexibility index (Phi) is 4.79. The van der Waals surface area contributed by atoms with E-state index in [0.29, 0.717) is 11.6 Å². The van der Waals surface area contributed by atoms with E-state index in [4.69, 9.17) is 0 Å². The van der Waals surface area contributed by atoms with Gasteiger partial charge in [0.15, 0.2) is 0 Å². The summed E-state index contributed by atoms with van der Waals surface area (Å²) in [5.41, 5.74) is 3.54. The molecule has 126 valence electrons. The summed E-state index contributed by atoms with van der Waals surface area (Å²) in [6.07, 6.45) is 3.89. The molecule has 0 saturated carbocycles. The molecule has 24 heavy (non-hydrogen) atoms. The fraction of sp³-hybridized carbons (Fsp3) is 0.421. The molecule has 1 N–H and O–H groups in total. The molecule has 1 atom stereocenters. The molecule has 0 spiro atoms. The molecular weight excluding hydrogens is 300 g/mol. The van der Waals surface area contributed by atoms with Crippen molar-refractivity contribution in [1.82, 2.24) is 9.97 Å². The van der Waals surface area contributed by atoms with Crippen molar-refractivity contribution in [2.45, 2.75) is 33.6 Å². The van der Waals surface area contributed by atoms with Gasteiger partial charge in [-0.1, -0.05) is 13.0 Å². The molecule has 0 bridgehead atoms. The number of amides is 1. The number of carbonyl (C=O) groups is 1. The number of aryl methyl sites for hydroxylation is 2. The van der Waals surface area contributed by atoms with E-state index >= 15 is 0 Å². The number of nitrogens with one attached hydrogen (secondary N) is 1. The first-order chi connectivity index (χ1) is 11.5. The van der Waals surface area contributed by atoms with Crippen LogP contribution in [0.1, 0.15) is 41.4 Å². The van der Waals surface area contributed by atoms with E-state index in [-0.39, 0.29) is 5.91 Å². The molecule has 1 aromatic carbocycles. The molecule has 2 aromatic rings. The van der Waals surface area contributed by atoms with Crippen molar-refractivity contribution in [2.24, 2.45) is 5.92 Å². The fourth-order valence-electron chi connectivity index (χ4n) is 3.06. The lowest BCUT2D eigenvalue weighted by atomic mass is 10.0. The zero-order chi connectivity index (χ0) is 17.1. The summed E-state index contributed by atoms with van der Waals surface area (Å²) in [7, 11) is 0. The zero-order valence-corrected chi connectivity index (χ0v) is 14.5. The van der Waals surface area contributed by atoms with Gasteiger partial charge in [-0.2, -0.15) is 0 Å². The molecule has 1 aromatic heterocycles. The minimum atomic E-state index is -0.202. The van der Waals surface area contributed by atoms with Crippen molar-refractivity contribution in [1.29, 1.82) is 0 Å². The number of nitrogens with zero attached hydrogens (tertiary/aromatic N) is 3. The van der Waals surface area contributed by atoms with Crippen molar-refractivity contribution < 1.29 is 4.79 Å². The highest BCUT2D eigenvalue weighted by Gasteiger charge is 2.19. The molecule has 5 heteroatoms. The van der Waals surface area contributed by atoms with Gasteiger partial charge in [0.1, 0.15) is 17.8 Å². The highest BCUT2D eigenvalue weighted by molar-refractivity contribution is 6.03. The van der Waals surface area contributed by atoms with E-state index < -0.39 is 0 Å². The number of benzene rings is 1. The molecule has 1 amide bonds. The number of hydrogen-bond donors (Lipinski definition) is 1. The van der Waals surface area contributed by atoms with Gasteiger partial charge in [0.05, 0.1) is 0 Å². The van der Waals surface area contributed by atoms with E-state index in [9.17, 15) is 4.79 Å². The van der Waals surface area contributed by atoms with Gasteiger partial charge in [-0.3, -0.25) is 4.79 Å². The Bertz CT molecular complexity index is 744. The Morgan fingerprint density at radius 1 is 1.21 bits per heavy atom. The first kappa shape index (κ1) is 16.4. The van der Waals surface area contributed by atoms with Gasteiger partial charge < -0.3 is 10.2 Å². The lowest BCUT2D eigenvalue weighted by Gasteiger charge is -2.31. The van der Waals surface area contributed by atoms with Gasteiger partial charge in [-0.05, 0) is 55.9 Å². The zero-order valence-electron chi connectivity index (χ0n) is 14.5. The normalized spacial score (nSPS) is 17.6. The first-order valence-corrected chi connectivity index (χ1v) is 8.48. The third-order valence-corrected chi connectivity index (χ3v) is 4.63. The minimum absolute atomic E-state index is 0.202. The molecule has 3 rings (SSSR count). The smallest absolute Gasteiger partial charge is 0.274 e. The van der Waals surface area contributed by atoms with Crippen LogP contribution in [0.3, 0.4) is 0 Å².